The lowest BCUT2D eigenvalue weighted by Crippen LogP contribution is -2.47. The minimum absolute atomic E-state index is 0.00271. The topological polar surface area (TPSA) is 59.4 Å². The van der Waals surface area contributed by atoms with E-state index in [1.54, 1.807) is 17.0 Å². The number of fused-ring (bicyclic) bond motifs is 1. The number of nitrogens with zero attached hydrogens (tertiary/aromatic N) is 3. The number of halogens is 2. The first-order valence-corrected chi connectivity index (χ1v) is 11.2. The van der Waals surface area contributed by atoms with Crippen LogP contribution in [-0.4, -0.2) is 45.3 Å². The molecule has 6 nitrogen and oxygen atoms in total. The number of rotatable bonds is 4. The molecule has 0 unspecified atom stereocenters. The molecule has 0 aliphatic carbocycles. The molecule has 1 aliphatic heterocycles. The molecule has 170 valence electrons. The van der Waals surface area contributed by atoms with Crippen molar-refractivity contribution in [2.45, 2.75) is 51.8 Å². The molecule has 0 radical (unpaired) electrons. The molecule has 2 heterocycles. The molecule has 1 fully saturated rings. The quantitative estimate of drug-likeness (QED) is 0.545. The maximum atomic E-state index is 14.5. The van der Waals surface area contributed by atoms with Crippen LogP contribution < -0.4 is 5.32 Å². The zero-order valence-corrected chi connectivity index (χ0v) is 19.3. The minimum atomic E-state index is -0.537. The molecule has 1 aliphatic rings. The Hall–Kier alpha value is -2.80. The van der Waals surface area contributed by atoms with Crippen LogP contribution in [0, 0.1) is 5.82 Å². The van der Waals surface area contributed by atoms with E-state index in [0.29, 0.717) is 29.6 Å². The number of para-hydroxylation sites is 2. The minimum Gasteiger partial charge on any atom is -0.444 e. The fourth-order valence-electron chi connectivity index (χ4n) is 3.96. The molecule has 1 aromatic heterocycles. The van der Waals surface area contributed by atoms with Gasteiger partial charge in [-0.25, -0.2) is 14.2 Å². The van der Waals surface area contributed by atoms with E-state index in [2.05, 4.69) is 5.32 Å². The van der Waals surface area contributed by atoms with Gasteiger partial charge in [-0.05, 0) is 57.9 Å². The molecule has 32 heavy (non-hydrogen) atoms. The highest BCUT2D eigenvalue weighted by atomic mass is 35.5. The van der Waals surface area contributed by atoms with Gasteiger partial charge < -0.3 is 19.5 Å². The summed E-state index contributed by atoms with van der Waals surface area (Å²) in [7, 11) is 0. The zero-order valence-electron chi connectivity index (χ0n) is 18.6. The maximum Gasteiger partial charge on any atom is 0.410 e. The smallest absolute Gasteiger partial charge is 0.410 e. The highest BCUT2D eigenvalue weighted by Crippen LogP contribution is 2.27. The van der Waals surface area contributed by atoms with Gasteiger partial charge in [-0.1, -0.05) is 29.8 Å². The molecule has 1 saturated heterocycles. The van der Waals surface area contributed by atoms with Gasteiger partial charge in [0.05, 0.1) is 17.6 Å². The van der Waals surface area contributed by atoms with Gasteiger partial charge in [0.2, 0.25) is 5.95 Å². The molecule has 4 rings (SSSR count). The molecule has 2 aromatic carbocycles. The number of carbonyl (C=O) groups is 1. The van der Waals surface area contributed by atoms with Gasteiger partial charge in [0.1, 0.15) is 11.4 Å². The normalized spacial score (nSPS) is 16.9. The van der Waals surface area contributed by atoms with Crippen LogP contribution >= 0.6 is 11.6 Å². The summed E-state index contributed by atoms with van der Waals surface area (Å²) in [5.41, 5.74) is 1.57. The summed E-state index contributed by atoms with van der Waals surface area (Å²) in [6, 6.07) is 12.4. The van der Waals surface area contributed by atoms with Crippen molar-refractivity contribution in [3.8, 4) is 0 Å². The van der Waals surface area contributed by atoms with Crippen LogP contribution in [0.25, 0.3) is 11.0 Å². The summed E-state index contributed by atoms with van der Waals surface area (Å²) in [6.07, 6.45) is 1.44. The van der Waals surface area contributed by atoms with Crippen molar-refractivity contribution in [2.75, 3.05) is 18.4 Å². The van der Waals surface area contributed by atoms with Gasteiger partial charge in [-0.15, -0.1) is 0 Å². The summed E-state index contributed by atoms with van der Waals surface area (Å²) in [6.45, 7) is 7.01. The summed E-state index contributed by atoms with van der Waals surface area (Å²) in [4.78, 5) is 19.0. The summed E-state index contributed by atoms with van der Waals surface area (Å²) >= 11 is 6.30. The number of anilines is 1. The number of likely N-dealkylation sites (tertiary alicyclic amines) is 1. The number of nitrogens with one attached hydrogen (secondary N) is 1. The van der Waals surface area contributed by atoms with Gasteiger partial charge in [-0.2, -0.15) is 0 Å². The summed E-state index contributed by atoms with van der Waals surface area (Å²) in [5, 5.41) is 3.86. The van der Waals surface area contributed by atoms with E-state index >= 15 is 0 Å². The standard InChI is InChI=1S/C24H28ClFN4O2/c1-24(2,3)32-23(31)29-13-7-8-16(14-29)27-22-28-20-11-4-5-12-21(20)30(22)15-17-18(25)9-6-10-19(17)26/h4-6,9-12,16H,7-8,13-15H2,1-3H3,(H,27,28)/t16-/m1/s1. The molecule has 8 heteroatoms. The number of amides is 1. The zero-order chi connectivity index (χ0) is 22.9. The third kappa shape index (κ3) is 4.99. The van der Waals surface area contributed by atoms with Crippen molar-refractivity contribution in [1.29, 1.82) is 0 Å². The van der Waals surface area contributed by atoms with Gasteiger partial charge in [0.15, 0.2) is 0 Å². The SMILES string of the molecule is CC(C)(C)OC(=O)N1CCC[C@@H](Nc2nc3ccccc3n2Cc2c(F)cccc2Cl)C1. The van der Waals surface area contributed by atoms with E-state index in [1.165, 1.54) is 6.07 Å². The number of ether oxygens (including phenoxy) is 1. The molecular weight excluding hydrogens is 431 g/mol. The summed E-state index contributed by atoms with van der Waals surface area (Å²) < 4.78 is 22.0. The Labute approximate surface area is 192 Å². The largest absolute Gasteiger partial charge is 0.444 e. The molecule has 1 N–H and O–H groups in total. The van der Waals surface area contributed by atoms with Crippen molar-refractivity contribution >= 4 is 34.7 Å². The van der Waals surface area contributed by atoms with Gasteiger partial charge in [0, 0.05) is 29.7 Å². The van der Waals surface area contributed by atoms with E-state index in [0.717, 1.165) is 23.9 Å². The highest BCUT2D eigenvalue weighted by Gasteiger charge is 2.28. The third-order valence-corrected chi connectivity index (χ3v) is 5.79. The molecule has 3 aromatic rings. The van der Waals surface area contributed by atoms with Crippen LogP contribution in [0.2, 0.25) is 5.02 Å². The Morgan fingerprint density at radius 1 is 1.25 bits per heavy atom. The van der Waals surface area contributed by atoms with E-state index in [1.807, 2.05) is 49.6 Å². The lowest BCUT2D eigenvalue weighted by atomic mass is 10.1. The first-order valence-electron chi connectivity index (χ1n) is 10.8. The molecular formula is C24H28ClFN4O2. The van der Waals surface area contributed by atoms with Gasteiger partial charge in [-0.3, -0.25) is 0 Å². The Kier molecular flexibility index (Phi) is 6.29. The van der Waals surface area contributed by atoms with Crippen molar-refractivity contribution < 1.29 is 13.9 Å². The van der Waals surface area contributed by atoms with Crippen LogP contribution in [0.3, 0.4) is 0 Å². The van der Waals surface area contributed by atoms with Crippen LogP contribution in [0.1, 0.15) is 39.2 Å². The van der Waals surface area contributed by atoms with Crippen molar-refractivity contribution in [3.05, 3.63) is 58.9 Å². The van der Waals surface area contributed by atoms with E-state index in [9.17, 15) is 9.18 Å². The monoisotopic (exact) mass is 458 g/mol. The predicted octanol–water partition coefficient (Wildman–Crippen LogP) is 5.69. The average molecular weight is 459 g/mol. The molecule has 0 saturated carbocycles. The lowest BCUT2D eigenvalue weighted by molar-refractivity contribution is 0.0206. The van der Waals surface area contributed by atoms with E-state index < -0.39 is 5.60 Å². The number of piperidine rings is 1. The van der Waals surface area contributed by atoms with Gasteiger partial charge in [0.25, 0.3) is 0 Å². The van der Waals surface area contributed by atoms with Crippen molar-refractivity contribution in [1.82, 2.24) is 14.5 Å². The second-order valence-corrected chi connectivity index (χ2v) is 9.53. The maximum absolute atomic E-state index is 14.5. The van der Waals surface area contributed by atoms with Crippen LogP contribution in [-0.2, 0) is 11.3 Å². The Morgan fingerprint density at radius 2 is 2.03 bits per heavy atom. The predicted molar refractivity (Wildman–Crippen MR) is 125 cm³/mol. The summed E-state index contributed by atoms with van der Waals surface area (Å²) in [5.74, 6) is 0.275. The van der Waals surface area contributed by atoms with Gasteiger partial charge >= 0.3 is 6.09 Å². The second-order valence-electron chi connectivity index (χ2n) is 9.12. The average Bonchev–Trinajstić information content (AvgIpc) is 3.06. The van der Waals surface area contributed by atoms with Crippen molar-refractivity contribution in [3.63, 3.8) is 0 Å². The molecule has 1 amide bonds. The number of carbonyl (C=O) groups excluding carboxylic acids is 1. The molecule has 0 spiro atoms. The number of hydrogen-bond acceptors (Lipinski definition) is 4. The number of benzene rings is 2. The Morgan fingerprint density at radius 3 is 2.78 bits per heavy atom. The van der Waals surface area contributed by atoms with Crippen LogP contribution in [0.5, 0.6) is 0 Å². The van der Waals surface area contributed by atoms with E-state index in [4.69, 9.17) is 21.3 Å². The number of imidazole rings is 1. The first kappa shape index (κ1) is 22.4. The first-order chi connectivity index (χ1) is 15.2. The Bertz CT molecular complexity index is 1100. The fourth-order valence-corrected chi connectivity index (χ4v) is 4.18. The number of hydrogen-bond donors (Lipinski definition) is 1. The number of aromatic nitrogens is 2. The van der Waals surface area contributed by atoms with Crippen LogP contribution in [0.4, 0.5) is 15.1 Å². The highest BCUT2D eigenvalue weighted by molar-refractivity contribution is 6.31. The van der Waals surface area contributed by atoms with E-state index in [-0.39, 0.29) is 24.5 Å². The second kappa shape index (κ2) is 8.98. The third-order valence-electron chi connectivity index (χ3n) is 5.44. The van der Waals surface area contributed by atoms with Crippen LogP contribution in [0.15, 0.2) is 42.5 Å². The fraction of sp³-hybridized carbons (Fsp3) is 0.417. The molecule has 1 atom stereocenters. The van der Waals surface area contributed by atoms with Crippen molar-refractivity contribution in [2.24, 2.45) is 0 Å². The Balaban J connectivity index is 1.59. The lowest BCUT2D eigenvalue weighted by Gasteiger charge is -2.34. The molecule has 0 bridgehead atoms.